The van der Waals surface area contributed by atoms with Crippen molar-refractivity contribution in [1.82, 2.24) is 19.5 Å². The van der Waals surface area contributed by atoms with Gasteiger partial charge in [0, 0.05) is 38.4 Å². The summed E-state index contributed by atoms with van der Waals surface area (Å²) in [4.78, 5) is 15.0. The lowest BCUT2D eigenvalue weighted by molar-refractivity contribution is 0.669. The van der Waals surface area contributed by atoms with E-state index in [1.54, 1.807) is 0 Å². The first-order valence-electron chi connectivity index (χ1n) is 20.4. The van der Waals surface area contributed by atoms with Gasteiger partial charge in [0.25, 0.3) is 0 Å². The molecule has 0 N–H and O–H groups in total. The third kappa shape index (κ3) is 5.37. The molecule has 3 aromatic heterocycles. The zero-order chi connectivity index (χ0) is 40.5. The van der Waals surface area contributed by atoms with E-state index in [0.29, 0.717) is 34.0 Å². The lowest BCUT2D eigenvalue weighted by Gasteiger charge is -2.11. The number of hydrogen-bond donors (Lipinski definition) is 0. The van der Waals surface area contributed by atoms with Crippen LogP contribution in [0, 0.1) is 0 Å². The van der Waals surface area contributed by atoms with Crippen molar-refractivity contribution in [2.45, 2.75) is 0 Å². The van der Waals surface area contributed by atoms with E-state index in [9.17, 15) is 0 Å². The van der Waals surface area contributed by atoms with Gasteiger partial charge in [0.1, 0.15) is 11.2 Å². The Kier molecular flexibility index (Phi) is 6.50. The molecule has 0 aliphatic carbocycles. The minimum atomic E-state index is -0.282. The van der Waals surface area contributed by atoms with Crippen molar-refractivity contribution in [1.29, 1.82) is 0 Å². The SMILES string of the molecule is [2H]c1c([2H])c([2H])c2c(c1[2H])c1cc(-c3ccc(-c4ccccc4)cc3)ccc1n2-c1ccc(-c2nc(-c3ccccc3)nc(-c3cccc4c3oc3ccccc34)n2)cc1. The van der Waals surface area contributed by atoms with Crippen LogP contribution in [0.1, 0.15) is 5.48 Å². The van der Waals surface area contributed by atoms with Crippen molar-refractivity contribution < 1.29 is 9.90 Å². The molecular formula is C51H32N4O. The predicted molar refractivity (Wildman–Crippen MR) is 229 cm³/mol. The first kappa shape index (κ1) is 27.9. The van der Waals surface area contributed by atoms with Crippen molar-refractivity contribution >= 4 is 43.7 Å². The molecular weight excluding hydrogens is 685 g/mol. The molecule has 11 aromatic rings. The van der Waals surface area contributed by atoms with Crippen LogP contribution >= 0.6 is 0 Å². The Morgan fingerprint density at radius 2 is 0.982 bits per heavy atom. The van der Waals surface area contributed by atoms with Crippen LogP contribution in [0.3, 0.4) is 0 Å². The van der Waals surface area contributed by atoms with Crippen LogP contribution in [0.25, 0.3) is 106 Å². The number of para-hydroxylation sites is 3. The first-order valence-corrected chi connectivity index (χ1v) is 18.4. The van der Waals surface area contributed by atoms with Crippen LogP contribution in [-0.2, 0) is 0 Å². The van der Waals surface area contributed by atoms with Crippen molar-refractivity contribution in [2.24, 2.45) is 0 Å². The maximum absolute atomic E-state index is 9.11. The summed E-state index contributed by atoms with van der Waals surface area (Å²) in [5.74, 6) is 1.48. The minimum absolute atomic E-state index is 0.0754. The maximum atomic E-state index is 9.11. The molecule has 0 unspecified atom stereocenters. The largest absolute Gasteiger partial charge is 0.455 e. The average Bonchev–Trinajstić information content (AvgIpc) is 3.87. The number of nitrogens with zero attached hydrogens (tertiary/aromatic N) is 4. The van der Waals surface area contributed by atoms with Gasteiger partial charge in [-0.1, -0.05) is 139 Å². The van der Waals surface area contributed by atoms with Gasteiger partial charge in [-0.2, -0.15) is 0 Å². The summed E-state index contributed by atoms with van der Waals surface area (Å²) >= 11 is 0. The van der Waals surface area contributed by atoms with Crippen molar-refractivity contribution in [2.75, 3.05) is 0 Å². The third-order valence-corrected chi connectivity index (χ3v) is 10.4. The topological polar surface area (TPSA) is 56.7 Å². The number of aromatic nitrogens is 4. The van der Waals surface area contributed by atoms with Crippen LogP contribution < -0.4 is 0 Å². The molecule has 0 saturated heterocycles. The normalized spacial score (nSPS) is 12.6. The van der Waals surface area contributed by atoms with Gasteiger partial charge in [0.05, 0.1) is 22.1 Å². The van der Waals surface area contributed by atoms with E-state index in [-0.39, 0.29) is 24.2 Å². The van der Waals surface area contributed by atoms with E-state index in [2.05, 4.69) is 36.4 Å². The highest BCUT2D eigenvalue weighted by Gasteiger charge is 2.18. The van der Waals surface area contributed by atoms with Gasteiger partial charge in [-0.3, -0.25) is 0 Å². The predicted octanol–water partition coefficient (Wildman–Crippen LogP) is 13.2. The van der Waals surface area contributed by atoms with E-state index in [1.165, 1.54) is 0 Å². The van der Waals surface area contributed by atoms with Crippen LogP contribution in [-0.4, -0.2) is 19.5 Å². The number of fused-ring (bicyclic) bond motifs is 6. The molecule has 8 aromatic carbocycles. The fourth-order valence-corrected chi connectivity index (χ4v) is 7.68. The number of hydrogen-bond acceptors (Lipinski definition) is 4. The van der Waals surface area contributed by atoms with Gasteiger partial charge in [-0.15, -0.1) is 0 Å². The summed E-state index contributed by atoms with van der Waals surface area (Å²) in [5, 5.41) is 3.20. The number of furan rings is 1. The second-order valence-electron chi connectivity index (χ2n) is 13.7. The summed E-state index contributed by atoms with van der Waals surface area (Å²) in [6.07, 6.45) is 0. The Hall–Kier alpha value is -7.63. The zero-order valence-corrected chi connectivity index (χ0v) is 29.9. The molecule has 3 heterocycles. The monoisotopic (exact) mass is 720 g/mol. The molecule has 262 valence electrons. The van der Waals surface area contributed by atoms with Gasteiger partial charge >= 0.3 is 0 Å². The summed E-state index contributed by atoms with van der Waals surface area (Å²) in [5.41, 5.74) is 9.95. The van der Waals surface area contributed by atoms with Gasteiger partial charge in [0.15, 0.2) is 17.5 Å². The van der Waals surface area contributed by atoms with Crippen LogP contribution in [0.4, 0.5) is 0 Å². The second kappa shape index (κ2) is 13.0. The Balaban J connectivity index is 1.05. The van der Waals surface area contributed by atoms with Gasteiger partial charge in [-0.05, 0) is 76.8 Å². The standard InChI is InChI=1S/C51H32N4O/c1-3-12-33(13-4-1)34-22-24-35(25-23-34)38-28-31-46-44(32-38)40-16-7-9-20-45(40)55(46)39-29-26-37(27-30-39)50-52-49(36-14-5-2-6-15-36)53-51(54-50)43-19-11-18-42-41-17-8-10-21-47(41)56-48(42)43/h1-32H/i7D,9D,16D,20D. The Labute approximate surface area is 328 Å². The lowest BCUT2D eigenvalue weighted by Crippen LogP contribution is -2.00. The van der Waals surface area contributed by atoms with Gasteiger partial charge < -0.3 is 8.98 Å². The zero-order valence-electron chi connectivity index (χ0n) is 33.9. The molecule has 0 radical (unpaired) electrons. The van der Waals surface area contributed by atoms with E-state index < -0.39 is 0 Å². The lowest BCUT2D eigenvalue weighted by atomic mass is 9.99. The van der Waals surface area contributed by atoms with E-state index in [0.717, 1.165) is 71.9 Å². The smallest absolute Gasteiger partial charge is 0.167 e. The Morgan fingerprint density at radius 3 is 1.75 bits per heavy atom. The molecule has 11 rings (SSSR count). The first-order chi connectivity index (χ1) is 29.4. The molecule has 0 aliphatic rings. The van der Waals surface area contributed by atoms with Gasteiger partial charge in [-0.25, -0.2) is 15.0 Å². The van der Waals surface area contributed by atoms with Crippen molar-refractivity contribution in [3.05, 3.63) is 194 Å². The molecule has 0 amide bonds. The second-order valence-corrected chi connectivity index (χ2v) is 13.7. The molecule has 5 nitrogen and oxygen atoms in total. The molecule has 0 atom stereocenters. The summed E-state index contributed by atoms with van der Waals surface area (Å²) < 4.78 is 43.7. The summed E-state index contributed by atoms with van der Waals surface area (Å²) in [7, 11) is 0. The van der Waals surface area contributed by atoms with Crippen molar-refractivity contribution in [3.8, 4) is 62.1 Å². The molecule has 0 spiro atoms. The van der Waals surface area contributed by atoms with E-state index in [1.807, 2.05) is 138 Å². The van der Waals surface area contributed by atoms with Crippen LogP contribution in [0.15, 0.2) is 198 Å². The average molecular weight is 721 g/mol. The Morgan fingerprint density at radius 1 is 0.411 bits per heavy atom. The molecule has 0 fully saturated rings. The highest BCUT2D eigenvalue weighted by atomic mass is 16.3. The fourth-order valence-electron chi connectivity index (χ4n) is 7.68. The van der Waals surface area contributed by atoms with E-state index >= 15 is 0 Å². The molecule has 0 aliphatic heterocycles. The third-order valence-electron chi connectivity index (χ3n) is 10.4. The maximum Gasteiger partial charge on any atom is 0.167 e. The molecule has 56 heavy (non-hydrogen) atoms. The molecule has 5 heteroatoms. The van der Waals surface area contributed by atoms with Crippen LogP contribution in [0.2, 0.25) is 0 Å². The van der Waals surface area contributed by atoms with Crippen molar-refractivity contribution in [3.63, 3.8) is 0 Å². The number of benzene rings is 8. The number of rotatable bonds is 6. The van der Waals surface area contributed by atoms with Crippen LogP contribution in [0.5, 0.6) is 0 Å². The van der Waals surface area contributed by atoms with Gasteiger partial charge in [0.2, 0.25) is 0 Å². The van der Waals surface area contributed by atoms with E-state index in [4.69, 9.17) is 24.9 Å². The summed E-state index contributed by atoms with van der Waals surface area (Å²) in [6, 6.07) is 55.5. The fraction of sp³-hybridized carbons (Fsp3) is 0. The molecule has 0 bridgehead atoms. The highest BCUT2D eigenvalue weighted by molar-refractivity contribution is 6.11. The Bertz CT molecular complexity index is 3460. The summed E-state index contributed by atoms with van der Waals surface area (Å²) in [6.45, 7) is 0. The quantitative estimate of drug-likeness (QED) is 0.172. The molecule has 0 saturated carbocycles. The minimum Gasteiger partial charge on any atom is -0.455 e. The highest BCUT2D eigenvalue weighted by Crippen LogP contribution is 2.38.